The van der Waals surface area contributed by atoms with Gasteiger partial charge in [0.2, 0.25) is 0 Å². The highest BCUT2D eigenvalue weighted by atomic mass is 16.1. The fourth-order valence-electron chi connectivity index (χ4n) is 2.66. The van der Waals surface area contributed by atoms with Gasteiger partial charge in [-0.3, -0.25) is 9.79 Å². The second-order valence-corrected chi connectivity index (χ2v) is 6.07. The van der Waals surface area contributed by atoms with Crippen LogP contribution in [-0.2, 0) is 6.42 Å². The SMILES string of the molecule is CCNC(=NCCc1cccc(C(=O)NC)c1)NC(C)c1ccccc1. The van der Waals surface area contributed by atoms with E-state index in [1.165, 1.54) is 5.56 Å². The van der Waals surface area contributed by atoms with Crippen molar-refractivity contribution in [2.75, 3.05) is 20.1 Å². The van der Waals surface area contributed by atoms with Crippen LogP contribution in [-0.4, -0.2) is 32.0 Å². The molecule has 5 nitrogen and oxygen atoms in total. The molecule has 1 atom stereocenters. The number of nitrogens with one attached hydrogen (secondary N) is 3. The Balaban J connectivity index is 1.97. The summed E-state index contributed by atoms with van der Waals surface area (Å²) in [5.41, 5.74) is 3.00. The molecule has 138 valence electrons. The van der Waals surface area contributed by atoms with Crippen LogP contribution in [0.15, 0.2) is 59.6 Å². The highest BCUT2D eigenvalue weighted by Gasteiger charge is 2.07. The minimum atomic E-state index is -0.0676. The number of amides is 1. The Morgan fingerprint density at radius 1 is 1.12 bits per heavy atom. The van der Waals surface area contributed by atoms with Crippen LogP contribution in [0.3, 0.4) is 0 Å². The number of rotatable bonds is 7. The third kappa shape index (κ3) is 5.92. The van der Waals surface area contributed by atoms with Crippen LogP contribution in [0.1, 0.15) is 41.4 Å². The predicted molar refractivity (Wildman–Crippen MR) is 108 cm³/mol. The zero-order chi connectivity index (χ0) is 18.8. The molecule has 0 aliphatic carbocycles. The van der Waals surface area contributed by atoms with Gasteiger partial charge in [0.1, 0.15) is 0 Å². The Morgan fingerprint density at radius 3 is 2.58 bits per heavy atom. The highest BCUT2D eigenvalue weighted by Crippen LogP contribution is 2.11. The van der Waals surface area contributed by atoms with Crippen LogP contribution in [0.5, 0.6) is 0 Å². The van der Waals surface area contributed by atoms with Crippen molar-refractivity contribution in [1.29, 1.82) is 0 Å². The summed E-state index contributed by atoms with van der Waals surface area (Å²) in [6, 6.07) is 18.1. The smallest absolute Gasteiger partial charge is 0.251 e. The lowest BCUT2D eigenvalue weighted by Crippen LogP contribution is -2.38. The average Bonchev–Trinajstić information content (AvgIpc) is 2.68. The van der Waals surface area contributed by atoms with Crippen molar-refractivity contribution >= 4 is 11.9 Å². The molecule has 0 aromatic heterocycles. The summed E-state index contributed by atoms with van der Waals surface area (Å²) < 4.78 is 0. The van der Waals surface area contributed by atoms with Gasteiger partial charge in [0, 0.05) is 25.7 Å². The Kier molecular flexibility index (Phi) is 7.68. The van der Waals surface area contributed by atoms with Gasteiger partial charge in [0.05, 0.1) is 6.04 Å². The van der Waals surface area contributed by atoms with Crippen LogP contribution in [0.25, 0.3) is 0 Å². The van der Waals surface area contributed by atoms with E-state index in [0.29, 0.717) is 12.1 Å². The number of nitrogens with zero attached hydrogens (tertiary/aromatic N) is 1. The van der Waals surface area contributed by atoms with E-state index in [9.17, 15) is 4.79 Å². The van der Waals surface area contributed by atoms with Crippen LogP contribution < -0.4 is 16.0 Å². The van der Waals surface area contributed by atoms with E-state index < -0.39 is 0 Å². The summed E-state index contributed by atoms with van der Waals surface area (Å²) >= 11 is 0. The normalized spacial score (nSPS) is 12.3. The summed E-state index contributed by atoms with van der Waals surface area (Å²) in [5.74, 6) is 0.730. The number of carbonyl (C=O) groups is 1. The van der Waals surface area contributed by atoms with Crippen LogP contribution >= 0.6 is 0 Å². The van der Waals surface area contributed by atoms with Gasteiger partial charge in [-0.2, -0.15) is 0 Å². The molecule has 2 rings (SSSR count). The fraction of sp³-hybridized carbons (Fsp3) is 0.333. The minimum absolute atomic E-state index is 0.0676. The Hall–Kier alpha value is -2.82. The largest absolute Gasteiger partial charge is 0.357 e. The Bertz CT molecular complexity index is 728. The Morgan fingerprint density at radius 2 is 1.88 bits per heavy atom. The van der Waals surface area contributed by atoms with Gasteiger partial charge in [-0.05, 0) is 43.5 Å². The van der Waals surface area contributed by atoms with Crippen molar-refractivity contribution in [3.8, 4) is 0 Å². The number of carbonyl (C=O) groups excluding carboxylic acids is 1. The molecular formula is C21H28N4O. The first-order valence-corrected chi connectivity index (χ1v) is 9.04. The van der Waals surface area contributed by atoms with Crippen LogP contribution in [0.2, 0.25) is 0 Å². The number of guanidine groups is 1. The lowest BCUT2D eigenvalue weighted by atomic mass is 10.1. The summed E-state index contributed by atoms with van der Waals surface area (Å²) in [6.45, 7) is 5.62. The molecule has 0 heterocycles. The molecular weight excluding hydrogens is 324 g/mol. The van der Waals surface area contributed by atoms with E-state index in [-0.39, 0.29) is 11.9 Å². The molecule has 0 saturated carbocycles. The van der Waals surface area contributed by atoms with Crippen molar-refractivity contribution < 1.29 is 4.79 Å². The topological polar surface area (TPSA) is 65.5 Å². The lowest BCUT2D eigenvalue weighted by Gasteiger charge is -2.18. The van der Waals surface area contributed by atoms with E-state index >= 15 is 0 Å². The molecule has 1 amide bonds. The first-order valence-electron chi connectivity index (χ1n) is 9.04. The zero-order valence-electron chi connectivity index (χ0n) is 15.8. The maximum Gasteiger partial charge on any atom is 0.251 e. The summed E-state index contributed by atoms with van der Waals surface area (Å²) in [7, 11) is 1.64. The maximum absolute atomic E-state index is 11.7. The molecule has 2 aromatic carbocycles. The fourth-order valence-corrected chi connectivity index (χ4v) is 2.66. The van der Waals surface area contributed by atoms with Gasteiger partial charge in [-0.15, -0.1) is 0 Å². The summed E-state index contributed by atoms with van der Waals surface area (Å²) in [6.07, 6.45) is 0.779. The van der Waals surface area contributed by atoms with Crippen molar-refractivity contribution in [3.05, 3.63) is 71.3 Å². The summed E-state index contributed by atoms with van der Waals surface area (Å²) in [5, 5.41) is 9.37. The molecule has 26 heavy (non-hydrogen) atoms. The van der Waals surface area contributed by atoms with Gasteiger partial charge >= 0.3 is 0 Å². The maximum atomic E-state index is 11.7. The monoisotopic (exact) mass is 352 g/mol. The molecule has 3 N–H and O–H groups in total. The standard InChI is InChI=1S/C21H28N4O/c1-4-23-21(25-16(2)18-10-6-5-7-11-18)24-14-13-17-9-8-12-19(15-17)20(26)22-3/h5-12,15-16H,4,13-14H2,1-3H3,(H,22,26)(H2,23,24,25). The Labute approximate surface area is 155 Å². The third-order valence-electron chi connectivity index (χ3n) is 4.08. The first-order chi connectivity index (χ1) is 12.6. The molecule has 1 unspecified atom stereocenters. The van der Waals surface area contributed by atoms with Gasteiger partial charge in [-0.25, -0.2) is 0 Å². The van der Waals surface area contributed by atoms with Crippen molar-refractivity contribution in [2.45, 2.75) is 26.3 Å². The molecule has 5 heteroatoms. The highest BCUT2D eigenvalue weighted by molar-refractivity contribution is 5.94. The zero-order valence-corrected chi connectivity index (χ0v) is 15.8. The number of benzene rings is 2. The second kappa shape index (κ2) is 10.2. The molecule has 0 saturated heterocycles. The van der Waals surface area contributed by atoms with Crippen molar-refractivity contribution in [2.24, 2.45) is 4.99 Å². The lowest BCUT2D eigenvalue weighted by molar-refractivity contribution is 0.0963. The van der Waals surface area contributed by atoms with Crippen LogP contribution in [0.4, 0.5) is 0 Å². The third-order valence-corrected chi connectivity index (χ3v) is 4.08. The van der Waals surface area contributed by atoms with Crippen molar-refractivity contribution in [3.63, 3.8) is 0 Å². The molecule has 0 radical (unpaired) electrons. The van der Waals surface area contributed by atoms with Gasteiger partial charge < -0.3 is 16.0 Å². The first kappa shape index (κ1) is 19.5. The molecule has 0 aliphatic rings. The summed E-state index contributed by atoms with van der Waals surface area (Å²) in [4.78, 5) is 16.4. The van der Waals surface area contributed by atoms with Crippen molar-refractivity contribution in [1.82, 2.24) is 16.0 Å². The average molecular weight is 352 g/mol. The van der Waals surface area contributed by atoms with Crippen LogP contribution in [0, 0.1) is 0 Å². The van der Waals surface area contributed by atoms with E-state index in [4.69, 9.17) is 0 Å². The molecule has 0 bridgehead atoms. The molecule has 0 spiro atoms. The quantitative estimate of drug-likeness (QED) is 0.530. The second-order valence-electron chi connectivity index (χ2n) is 6.07. The number of hydrogen-bond donors (Lipinski definition) is 3. The molecule has 2 aromatic rings. The van der Waals surface area contributed by atoms with E-state index in [1.54, 1.807) is 7.05 Å². The van der Waals surface area contributed by atoms with Gasteiger partial charge in [-0.1, -0.05) is 42.5 Å². The minimum Gasteiger partial charge on any atom is -0.357 e. The van der Waals surface area contributed by atoms with E-state index in [0.717, 1.165) is 24.5 Å². The van der Waals surface area contributed by atoms with E-state index in [2.05, 4.69) is 46.9 Å². The molecule has 0 fully saturated rings. The van der Waals surface area contributed by atoms with Gasteiger partial charge in [0.25, 0.3) is 5.91 Å². The number of hydrogen-bond acceptors (Lipinski definition) is 2. The predicted octanol–water partition coefficient (Wildman–Crippen LogP) is 2.91. The number of aliphatic imine (C=N–C) groups is 1. The molecule has 0 aliphatic heterocycles. The van der Waals surface area contributed by atoms with Gasteiger partial charge in [0.15, 0.2) is 5.96 Å². The van der Waals surface area contributed by atoms with E-state index in [1.807, 2.05) is 42.5 Å².